The molecule has 3 rings (SSSR count). The molecule has 0 spiro atoms. The zero-order valence-electron chi connectivity index (χ0n) is 14.0. The number of halogens is 1. The second kappa shape index (κ2) is 9.22. The second-order valence-corrected chi connectivity index (χ2v) is 5.36. The third kappa shape index (κ3) is 5.32. The van der Waals surface area contributed by atoms with Gasteiger partial charge in [0.1, 0.15) is 6.54 Å². The van der Waals surface area contributed by atoms with Gasteiger partial charge in [0.15, 0.2) is 11.7 Å². The quantitative estimate of drug-likeness (QED) is 0.344. The first-order valence-corrected chi connectivity index (χ1v) is 7.90. The van der Waals surface area contributed by atoms with Crippen molar-refractivity contribution in [2.24, 2.45) is 10.7 Å². The second-order valence-electron chi connectivity index (χ2n) is 5.36. The molecule has 0 atom stereocenters. The van der Waals surface area contributed by atoms with Crippen molar-refractivity contribution in [3.63, 3.8) is 0 Å². The minimum absolute atomic E-state index is 0. The Kier molecular flexibility index (Phi) is 7.00. The van der Waals surface area contributed by atoms with Crippen LogP contribution in [0.3, 0.4) is 0 Å². The highest BCUT2D eigenvalue weighted by Crippen LogP contribution is 2.20. The minimum Gasteiger partial charge on any atom is -0.439 e. The summed E-state index contributed by atoms with van der Waals surface area (Å²) < 4.78 is 5.71. The van der Waals surface area contributed by atoms with Gasteiger partial charge in [-0.2, -0.15) is 0 Å². The predicted octanol–water partition coefficient (Wildman–Crippen LogP) is 4.45. The Morgan fingerprint density at radius 3 is 2.72 bits per heavy atom. The van der Waals surface area contributed by atoms with Crippen molar-refractivity contribution in [2.45, 2.75) is 19.9 Å². The zero-order chi connectivity index (χ0) is 16.8. The summed E-state index contributed by atoms with van der Waals surface area (Å²) in [6.07, 6.45) is 2.68. The van der Waals surface area contributed by atoms with Crippen LogP contribution in [0.5, 0.6) is 0 Å². The van der Waals surface area contributed by atoms with Crippen molar-refractivity contribution in [2.75, 3.05) is 5.32 Å². The lowest BCUT2D eigenvalue weighted by Crippen LogP contribution is -2.22. The highest BCUT2D eigenvalue weighted by Gasteiger charge is 2.05. The van der Waals surface area contributed by atoms with E-state index in [1.807, 2.05) is 42.5 Å². The van der Waals surface area contributed by atoms with E-state index < -0.39 is 0 Å². The molecule has 0 unspecified atom stereocenters. The number of anilines is 1. The van der Waals surface area contributed by atoms with Gasteiger partial charge >= 0.3 is 0 Å². The molecule has 0 aliphatic carbocycles. The monoisotopic (exact) mass is 448 g/mol. The average molecular weight is 448 g/mol. The molecule has 0 saturated carbocycles. The number of aryl methyl sites for hydroxylation is 1. The molecule has 1 heterocycles. The standard InChI is InChI=1S/C19H20N4O.HI/c1-2-14-7-6-10-16(11-14)23-19(20)22-13-18-21-12-17(24-18)15-8-4-3-5-9-15;/h3-12H,2,13H2,1H3,(H3,20,22,23);1H. The summed E-state index contributed by atoms with van der Waals surface area (Å²) in [4.78, 5) is 8.52. The molecule has 0 radical (unpaired) electrons. The Labute approximate surface area is 164 Å². The lowest BCUT2D eigenvalue weighted by atomic mass is 10.1. The molecule has 0 fully saturated rings. The third-order valence-corrected chi connectivity index (χ3v) is 3.60. The number of hydrogen-bond donors (Lipinski definition) is 2. The molecule has 6 heteroatoms. The van der Waals surface area contributed by atoms with Crippen LogP contribution in [0.25, 0.3) is 11.3 Å². The highest BCUT2D eigenvalue weighted by molar-refractivity contribution is 14.0. The number of nitrogens with two attached hydrogens (primary N) is 1. The van der Waals surface area contributed by atoms with Crippen molar-refractivity contribution in [3.05, 3.63) is 72.2 Å². The Morgan fingerprint density at radius 2 is 1.96 bits per heavy atom. The fraction of sp³-hybridized carbons (Fsp3) is 0.158. The molecule has 0 saturated heterocycles. The topological polar surface area (TPSA) is 76.4 Å². The molecule has 2 aromatic carbocycles. The Hall–Kier alpha value is -2.35. The van der Waals surface area contributed by atoms with Gasteiger partial charge in [-0.3, -0.25) is 0 Å². The highest BCUT2D eigenvalue weighted by atomic mass is 127. The van der Waals surface area contributed by atoms with Crippen molar-refractivity contribution in [1.82, 2.24) is 4.98 Å². The van der Waals surface area contributed by atoms with E-state index >= 15 is 0 Å². The lowest BCUT2D eigenvalue weighted by molar-refractivity contribution is 0.510. The van der Waals surface area contributed by atoms with Crippen LogP contribution in [-0.2, 0) is 13.0 Å². The van der Waals surface area contributed by atoms with E-state index in [0.29, 0.717) is 18.4 Å². The Bertz CT molecular complexity index is 830. The first-order valence-electron chi connectivity index (χ1n) is 7.90. The first kappa shape index (κ1) is 19.0. The molecule has 0 aliphatic rings. The van der Waals surface area contributed by atoms with E-state index in [2.05, 4.69) is 34.3 Å². The van der Waals surface area contributed by atoms with Crippen LogP contribution in [-0.4, -0.2) is 10.9 Å². The summed E-state index contributed by atoms with van der Waals surface area (Å²) in [5.41, 5.74) is 9.09. The summed E-state index contributed by atoms with van der Waals surface area (Å²) in [7, 11) is 0. The first-order chi connectivity index (χ1) is 11.7. The molecule has 0 amide bonds. The lowest BCUT2D eigenvalue weighted by Gasteiger charge is -2.06. The molecule has 0 aliphatic heterocycles. The van der Waals surface area contributed by atoms with Crippen LogP contribution < -0.4 is 11.1 Å². The van der Waals surface area contributed by atoms with Gasteiger partial charge in [-0.15, -0.1) is 24.0 Å². The number of guanidine groups is 1. The van der Waals surface area contributed by atoms with Crippen LogP contribution >= 0.6 is 24.0 Å². The summed E-state index contributed by atoms with van der Waals surface area (Å²) in [5, 5.41) is 3.08. The molecule has 3 N–H and O–H groups in total. The Morgan fingerprint density at radius 1 is 1.16 bits per heavy atom. The van der Waals surface area contributed by atoms with Crippen LogP contribution in [0.15, 0.2) is 70.2 Å². The van der Waals surface area contributed by atoms with Gasteiger partial charge < -0.3 is 15.5 Å². The fourth-order valence-electron chi connectivity index (χ4n) is 2.33. The Balaban J connectivity index is 0.00000225. The molecular formula is C19H21IN4O. The maximum atomic E-state index is 5.93. The van der Waals surface area contributed by atoms with Gasteiger partial charge in [-0.1, -0.05) is 49.4 Å². The molecular weight excluding hydrogens is 427 g/mol. The number of nitrogens with zero attached hydrogens (tertiary/aromatic N) is 2. The van der Waals surface area contributed by atoms with Gasteiger partial charge in [0.25, 0.3) is 0 Å². The van der Waals surface area contributed by atoms with E-state index in [1.165, 1.54) is 5.56 Å². The summed E-state index contributed by atoms with van der Waals surface area (Å²) in [6, 6.07) is 17.9. The van der Waals surface area contributed by atoms with E-state index in [0.717, 1.165) is 23.4 Å². The maximum absolute atomic E-state index is 5.93. The van der Waals surface area contributed by atoms with E-state index in [9.17, 15) is 0 Å². The number of rotatable bonds is 5. The number of aromatic nitrogens is 1. The number of hydrogen-bond acceptors (Lipinski definition) is 3. The van der Waals surface area contributed by atoms with E-state index in [4.69, 9.17) is 10.2 Å². The van der Waals surface area contributed by atoms with Crippen molar-refractivity contribution >= 4 is 35.6 Å². The summed E-state index contributed by atoms with van der Waals surface area (Å²) in [6.45, 7) is 2.41. The maximum Gasteiger partial charge on any atom is 0.216 e. The van der Waals surface area contributed by atoms with Gasteiger partial charge in [0.2, 0.25) is 5.89 Å². The average Bonchev–Trinajstić information content (AvgIpc) is 3.10. The van der Waals surface area contributed by atoms with Crippen molar-refractivity contribution < 1.29 is 4.42 Å². The van der Waals surface area contributed by atoms with Gasteiger partial charge in [0, 0.05) is 11.3 Å². The molecule has 130 valence electrons. The number of benzene rings is 2. The summed E-state index contributed by atoms with van der Waals surface area (Å²) >= 11 is 0. The molecule has 3 aromatic rings. The van der Waals surface area contributed by atoms with E-state index in [1.54, 1.807) is 6.20 Å². The van der Waals surface area contributed by atoms with Gasteiger partial charge in [-0.25, -0.2) is 9.98 Å². The number of nitrogens with one attached hydrogen (secondary N) is 1. The number of aliphatic imine (C=N–C) groups is 1. The van der Waals surface area contributed by atoms with Gasteiger partial charge in [0.05, 0.1) is 6.20 Å². The smallest absolute Gasteiger partial charge is 0.216 e. The normalized spacial score (nSPS) is 11.0. The van der Waals surface area contributed by atoms with Crippen LogP contribution in [0.1, 0.15) is 18.4 Å². The molecule has 5 nitrogen and oxygen atoms in total. The number of oxazole rings is 1. The fourth-order valence-corrected chi connectivity index (χ4v) is 2.33. The van der Waals surface area contributed by atoms with Crippen molar-refractivity contribution in [3.8, 4) is 11.3 Å². The minimum atomic E-state index is 0. The van der Waals surface area contributed by atoms with Gasteiger partial charge in [-0.05, 0) is 24.1 Å². The SMILES string of the molecule is CCc1cccc(NC(N)=NCc2ncc(-c3ccccc3)o2)c1.I. The largest absolute Gasteiger partial charge is 0.439 e. The third-order valence-electron chi connectivity index (χ3n) is 3.60. The van der Waals surface area contributed by atoms with Crippen LogP contribution in [0.4, 0.5) is 5.69 Å². The zero-order valence-corrected chi connectivity index (χ0v) is 16.3. The molecule has 0 bridgehead atoms. The van der Waals surface area contributed by atoms with Crippen molar-refractivity contribution in [1.29, 1.82) is 0 Å². The van der Waals surface area contributed by atoms with Crippen LogP contribution in [0, 0.1) is 0 Å². The van der Waals surface area contributed by atoms with E-state index in [-0.39, 0.29) is 24.0 Å². The van der Waals surface area contributed by atoms with Crippen LogP contribution in [0.2, 0.25) is 0 Å². The predicted molar refractivity (Wildman–Crippen MR) is 112 cm³/mol. The molecule has 25 heavy (non-hydrogen) atoms. The molecule has 1 aromatic heterocycles. The summed E-state index contributed by atoms with van der Waals surface area (Å²) in [5.74, 6) is 1.59.